The fourth-order valence-electron chi connectivity index (χ4n) is 1.02. The Labute approximate surface area is 130 Å². The van der Waals surface area contributed by atoms with Gasteiger partial charge in [-0.05, 0) is 50.9 Å². The highest BCUT2D eigenvalue weighted by atomic mass is 79.9. The van der Waals surface area contributed by atoms with Gasteiger partial charge in [-0.3, -0.25) is 4.79 Å². The molecular weight excluding hydrogens is 436 g/mol. The smallest absolute Gasteiger partial charge is 0.234 e. The van der Waals surface area contributed by atoms with E-state index in [9.17, 15) is 4.79 Å². The highest BCUT2D eigenvalue weighted by Gasteiger charge is 2.18. The zero-order chi connectivity index (χ0) is 13.2. The summed E-state index contributed by atoms with van der Waals surface area (Å²) in [5.74, 6) is -0.742. The van der Waals surface area contributed by atoms with Crippen LogP contribution in [0.4, 0.5) is 5.69 Å². The van der Waals surface area contributed by atoms with E-state index >= 15 is 0 Å². The second-order valence-electron chi connectivity index (χ2n) is 3.36. The monoisotopic (exact) mass is 442 g/mol. The van der Waals surface area contributed by atoms with Gasteiger partial charge >= 0.3 is 0 Å². The number of halogens is 3. The van der Waals surface area contributed by atoms with Crippen LogP contribution in [0, 0.1) is 5.92 Å². The van der Waals surface area contributed by atoms with Gasteiger partial charge < -0.3 is 11.1 Å². The highest BCUT2D eigenvalue weighted by molar-refractivity contribution is 9.11. The fraction of sp³-hybridized carbons (Fsp3) is 0.200. The summed E-state index contributed by atoms with van der Waals surface area (Å²) in [6.45, 7) is 1.67. The number of carbonyl (C=O) groups is 1. The van der Waals surface area contributed by atoms with Crippen molar-refractivity contribution in [3.8, 4) is 0 Å². The molecule has 0 bridgehead atoms. The van der Waals surface area contributed by atoms with Crippen molar-refractivity contribution in [2.75, 3.05) is 5.32 Å². The molecule has 0 aliphatic carbocycles. The van der Waals surface area contributed by atoms with E-state index in [1.54, 1.807) is 6.92 Å². The number of thiocarbonyl (C=S) groups is 1. The van der Waals surface area contributed by atoms with Crippen molar-refractivity contribution < 1.29 is 4.79 Å². The first kappa shape index (κ1) is 15.1. The Morgan fingerprint density at radius 2 is 1.82 bits per heavy atom. The topological polar surface area (TPSA) is 55.1 Å². The number of anilines is 1. The second-order valence-corrected chi connectivity index (χ2v) is 6.45. The van der Waals surface area contributed by atoms with E-state index in [0.717, 1.165) is 13.4 Å². The SMILES string of the molecule is CC(C(=O)Nc1c(Br)cc(Br)cc1Br)C(N)=S. The first-order valence-corrected chi connectivity index (χ1v) is 7.36. The Morgan fingerprint density at radius 1 is 1.35 bits per heavy atom. The molecule has 0 aliphatic heterocycles. The third-order valence-electron chi connectivity index (χ3n) is 2.08. The molecule has 0 spiro atoms. The zero-order valence-corrected chi connectivity index (χ0v) is 14.3. The first-order chi connectivity index (χ1) is 7.82. The average molecular weight is 445 g/mol. The lowest BCUT2D eigenvalue weighted by Gasteiger charge is -2.13. The van der Waals surface area contributed by atoms with E-state index in [1.165, 1.54) is 0 Å². The molecule has 0 aromatic heterocycles. The molecule has 0 aliphatic rings. The lowest BCUT2D eigenvalue weighted by Crippen LogP contribution is -2.31. The van der Waals surface area contributed by atoms with Crippen molar-refractivity contribution in [3.63, 3.8) is 0 Å². The van der Waals surface area contributed by atoms with Gasteiger partial charge in [-0.2, -0.15) is 0 Å². The van der Waals surface area contributed by atoms with Crippen LogP contribution in [0.2, 0.25) is 0 Å². The minimum Gasteiger partial charge on any atom is -0.393 e. The number of nitrogens with two attached hydrogens (primary N) is 1. The van der Waals surface area contributed by atoms with Gasteiger partial charge in [-0.25, -0.2) is 0 Å². The van der Waals surface area contributed by atoms with Crippen molar-refractivity contribution in [1.29, 1.82) is 0 Å². The summed E-state index contributed by atoms with van der Waals surface area (Å²) in [5.41, 5.74) is 6.08. The number of amides is 1. The Hall–Kier alpha value is 0.0200. The van der Waals surface area contributed by atoms with Gasteiger partial charge in [-0.15, -0.1) is 0 Å². The summed E-state index contributed by atoms with van der Waals surface area (Å²) in [6, 6.07) is 3.68. The molecule has 1 atom stereocenters. The van der Waals surface area contributed by atoms with Crippen LogP contribution in [0.5, 0.6) is 0 Å². The van der Waals surface area contributed by atoms with Gasteiger partial charge in [0.1, 0.15) is 0 Å². The van der Waals surface area contributed by atoms with Gasteiger partial charge in [0.25, 0.3) is 0 Å². The molecule has 3 nitrogen and oxygen atoms in total. The molecule has 0 saturated carbocycles. The van der Waals surface area contributed by atoms with E-state index in [2.05, 4.69) is 53.1 Å². The number of benzene rings is 1. The lowest BCUT2D eigenvalue weighted by molar-refractivity contribution is -0.117. The van der Waals surface area contributed by atoms with Gasteiger partial charge in [0, 0.05) is 13.4 Å². The quantitative estimate of drug-likeness (QED) is 0.696. The van der Waals surface area contributed by atoms with Crippen LogP contribution >= 0.6 is 60.0 Å². The van der Waals surface area contributed by atoms with Crippen molar-refractivity contribution in [3.05, 3.63) is 25.6 Å². The molecule has 0 heterocycles. The molecule has 0 radical (unpaired) electrons. The van der Waals surface area contributed by atoms with Crippen molar-refractivity contribution in [1.82, 2.24) is 0 Å². The van der Waals surface area contributed by atoms with Crippen LogP contribution in [0.15, 0.2) is 25.6 Å². The van der Waals surface area contributed by atoms with Crippen molar-refractivity contribution >= 4 is 76.6 Å². The molecule has 0 saturated heterocycles. The molecular formula is C10H9Br3N2OS. The van der Waals surface area contributed by atoms with Gasteiger partial charge in [-0.1, -0.05) is 28.1 Å². The van der Waals surface area contributed by atoms with Gasteiger partial charge in [0.05, 0.1) is 16.6 Å². The summed E-state index contributed by atoms with van der Waals surface area (Å²) < 4.78 is 2.43. The molecule has 1 aromatic carbocycles. The van der Waals surface area contributed by atoms with E-state index in [0.29, 0.717) is 5.69 Å². The summed E-state index contributed by atoms with van der Waals surface area (Å²) in [7, 11) is 0. The number of carbonyl (C=O) groups excluding carboxylic acids is 1. The summed E-state index contributed by atoms with van der Waals surface area (Å²) >= 11 is 14.9. The number of hydrogen-bond donors (Lipinski definition) is 2. The predicted molar refractivity (Wildman–Crippen MR) is 84.1 cm³/mol. The second kappa shape index (κ2) is 6.26. The molecule has 1 rings (SSSR count). The number of rotatable bonds is 3. The summed E-state index contributed by atoms with van der Waals surface area (Å²) in [5, 5.41) is 2.77. The van der Waals surface area contributed by atoms with Crippen molar-refractivity contribution in [2.24, 2.45) is 11.7 Å². The van der Waals surface area contributed by atoms with Gasteiger partial charge in [0.15, 0.2) is 0 Å². The van der Waals surface area contributed by atoms with Crippen molar-refractivity contribution in [2.45, 2.75) is 6.92 Å². The average Bonchev–Trinajstić information content (AvgIpc) is 2.21. The number of hydrogen-bond acceptors (Lipinski definition) is 2. The molecule has 17 heavy (non-hydrogen) atoms. The molecule has 0 fully saturated rings. The van der Waals surface area contributed by atoms with Gasteiger partial charge in [0.2, 0.25) is 5.91 Å². The van der Waals surface area contributed by atoms with E-state index in [1.807, 2.05) is 12.1 Å². The largest absolute Gasteiger partial charge is 0.393 e. The summed E-state index contributed by atoms with van der Waals surface area (Å²) in [6.07, 6.45) is 0. The lowest BCUT2D eigenvalue weighted by atomic mass is 10.1. The predicted octanol–water partition coefficient (Wildman–Crippen LogP) is 3.83. The fourth-order valence-corrected chi connectivity index (χ4v) is 3.59. The van der Waals surface area contributed by atoms with E-state index in [-0.39, 0.29) is 10.9 Å². The Morgan fingerprint density at radius 3 is 2.24 bits per heavy atom. The minimum atomic E-state index is -0.507. The third-order valence-corrected chi connectivity index (χ3v) is 4.14. The maximum atomic E-state index is 11.8. The zero-order valence-electron chi connectivity index (χ0n) is 8.76. The Kier molecular flexibility index (Phi) is 5.56. The van der Waals surface area contributed by atoms with Crippen LogP contribution in [-0.4, -0.2) is 10.9 Å². The minimum absolute atomic E-state index is 0.173. The standard InChI is InChI=1S/C10H9Br3N2OS/c1-4(9(14)17)10(16)15-8-6(12)2-5(11)3-7(8)13/h2-4H,1H3,(H2,14,17)(H,15,16). The normalized spacial score (nSPS) is 12.0. The van der Waals surface area contributed by atoms with Crippen LogP contribution in [-0.2, 0) is 4.79 Å². The molecule has 7 heteroatoms. The third kappa shape index (κ3) is 4.01. The van der Waals surface area contributed by atoms with Crippen LogP contribution in [0.25, 0.3) is 0 Å². The van der Waals surface area contributed by atoms with Crippen LogP contribution in [0.1, 0.15) is 6.92 Å². The summed E-state index contributed by atoms with van der Waals surface area (Å²) in [4.78, 5) is 12.0. The maximum absolute atomic E-state index is 11.8. The van der Waals surface area contributed by atoms with Crippen LogP contribution in [0.3, 0.4) is 0 Å². The maximum Gasteiger partial charge on any atom is 0.234 e. The molecule has 1 amide bonds. The van der Waals surface area contributed by atoms with E-state index < -0.39 is 5.92 Å². The highest BCUT2D eigenvalue weighted by Crippen LogP contribution is 2.34. The number of nitrogens with one attached hydrogen (secondary N) is 1. The van der Waals surface area contributed by atoms with E-state index in [4.69, 9.17) is 18.0 Å². The molecule has 1 unspecified atom stereocenters. The Bertz CT molecular complexity index is 456. The molecule has 1 aromatic rings. The van der Waals surface area contributed by atoms with Crippen LogP contribution < -0.4 is 11.1 Å². The first-order valence-electron chi connectivity index (χ1n) is 4.57. The molecule has 92 valence electrons. The Balaban J connectivity index is 2.96. The molecule has 3 N–H and O–H groups in total.